The molecule has 2 atom stereocenters. The number of ether oxygens (including phenoxy) is 2. The summed E-state index contributed by atoms with van der Waals surface area (Å²) in [5.41, 5.74) is 1.05. The van der Waals surface area contributed by atoms with Gasteiger partial charge in [0, 0.05) is 34.6 Å². The van der Waals surface area contributed by atoms with E-state index in [2.05, 4.69) is 11.8 Å². The number of likely N-dealkylation sites (tertiary alicyclic amines) is 1. The van der Waals surface area contributed by atoms with Crippen molar-refractivity contribution in [3.05, 3.63) is 63.4 Å². The summed E-state index contributed by atoms with van der Waals surface area (Å²) in [6, 6.07) is 10.2. The van der Waals surface area contributed by atoms with Gasteiger partial charge in [0.15, 0.2) is 0 Å². The maximum absolute atomic E-state index is 14.3. The number of carbonyl (C=O) groups is 1. The molecule has 2 aromatic carbocycles. The number of halogens is 3. The van der Waals surface area contributed by atoms with Crippen LogP contribution >= 0.6 is 23.2 Å². The first-order chi connectivity index (χ1) is 14.9. The van der Waals surface area contributed by atoms with E-state index in [1.807, 2.05) is 12.1 Å². The predicted octanol–water partition coefficient (Wildman–Crippen LogP) is 6.30. The summed E-state index contributed by atoms with van der Waals surface area (Å²) in [6.07, 6.45) is 3.77. The Bertz CT molecular complexity index is 930. The molecule has 1 heterocycles. The van der Waals surface area contributed by atoms with Crippen LogP contribution in [0.4, 0.5) is 4.39 Å². The molecule has 1 unspecified atom stereocenters. The van der Waals surface area contributed by atoms with Gasteiger partial charge in [-0.2, -0.15) is 0 Å². The van der Waals surface area contributed by atoms with E-state index in [1.54, 1.807) is 12.1 Å². The highest BCUT2D eigenvalue weighted by Gasteiger charge is 2.28. The van der Waals surface area contributed by atoms with Crippen LogP contribution in [-0.4, -0.2) is 36.7 Å². The van der Waals surface area contributed by atoms with Crippen LogP contribution in [0.1, 0.15) is 54.6 Å². The van der Waals surface area contributed by atoms with E-state index >= 15 is 0 Å². The number of rotatable bonds is 7. The maximum Gasteiger partial charge on any atom is 0.341 e. The lowest BCUT2D eigenvalue weighted by atomic mass is 9.96. The minimum Gasteiger partial charge on any atom is -0.493 e. The van der Waals surface area contributed by atoms with Crippen molar-refractivity contribution < 1.29 is 18.7 Å². The van der Waals surface area contributed by atoms with E-state index in [4.69, 9.17) is 32.7 Å². The first-order valence-electron chi connectivity index (χ1n) is 10.7. The Balaban J connectivity index is 1.33. The molecule has 4 rings (SSSR count). The monoisotopic (exact) mass is 465 g/mol. The third-order valence-electron chi connectivity index (χ3n) is 5.91. The third kappa shape index (κ3) is 5.91. The fourth-order valence-corrected chi connectivity index (χ4v) is 4.52. The number of benzene rings is 2. The summed E-state index contributed by atoms with van der Waals surface area (Å²) < 4.78 is 25.4. The Morgan fingerprint density at radius 2 is 1.90 bits per heavy atom. The minimum absolute atomic E-state index is 0.0444. The van der Waals surface area contributed by atoms with Crippen LogP contribution in [0.15, 0.2) is 36.4 Å². The van der Waals surface area contributed by atoms with Crippen LogP contribution < -0.4 is 4.74 Å². The number of esters is 1. The largest absolute Gasteiger partial charge is 0.493 e. The number of hydrogen-bond donors (Lipinski definition) is 0. The van der Waals surface area contributed by atoms with Crippen LogP contribution in [-0.2, 0) is 4.74 Å². The molecule has 0 spiro atoms. The van der Waals surface area contributed by atoms with Gasteiger partial charge in [-0.1, -0.05) is 23.2 Å². The predicted molar refractivity (Wildman–Crippen MR) is 120 cm³/mol. The summed E-state index contributed by atoms with van der Waals surface area (Å²) >= 11 is 12.3. The molecule has 1 saturated carbocycles. The average Bonchev–Trinajstić information content (AvgIpc) is 3.55. The highest BCUT2D eigenvalue weighted by molar-refractivity contribution is 6.34. The van der Waals surface area contributed by atoms with Crippen molar-refractivity contribution in [1.82, 2.24) is 4.90 Å². The van der Waals surface area contributed by atoms with Gasteiger partial charge < -0.3 is 9.47 Å². The SMILES string of the molecule is CC(c1cc(Cl)cc(Cl)c1)N1CCC[C@H](COc2ccc(C(=O)OC3CC3)c(F)c2)C1. The Labute approximate surface area is 192 Å². The van der Waals surface area contributed by atoms with Crippen molar-refractivity contribution >= 4 is 29.2 Å². The van der Waals surface area contributed by atoms with Crippen molar-refractivity contribution in [3.8, 4) is 5.75 Å². The topological polar surface area (TPSA) is 38.8 Å². The Morgan fingerprint density at radius 3 is 2.58 bits per heavy atom. The molecule has 4 nitrogen and oxygen atoms in total. The second-order valence-corrected chi connectivity index (χ2v) is 9.31. The standard InChI is InChI=1S/C24H26Cl2FNO3/c1-15(17-9-18(25)11-19(26)10-17)28-8-2-3-16(13-28)14-30-21-6-7-22(23(27)12-21)24(29)31-20-4-5-20/h6-7,9-12,15-16,20H,2-5,8,13-14H2,1H3/t15?,16-/m0/s1. The van der Waals surface area contributed by atoms with Crippen molar-refractivity contribution in [2.24, 2.45) is 5.92 Å². The lowest BCUT2D eigenvalue weighted by Crippen LogP contribution is -2.39. The van der Waals surface area contributed by atoms with Gasteiger partial charge in [-0.3, -0.25) is 4.90 Å². The Hall–Kier alpha value is -1.82. The van der Waals surface area contributed by atoms with Crippen LogP contribution in [0.3, 0.4) is 0 Å². The van der Waals surface area contributed by atoms with E-state index in [-0.39, 0.29) is 17.7 Å². The molecule has 0 aromatic heterocycles. The van der Waals surface area contributed by atoms with Gasteiger partial charge >= 0.3 is 5.97 Å². The van der Waals surface area contributed by atoms with Gasteiger partial charge in [-0.25, -0.2) is 9.18 Å². The number of nitrogens with zero attached hydrogens (tertiary/aromatic N) is 1. The zero-order valence-electron chi connectivity index (χ0n) is 17.5. The molecule has 166 valence electrons. The summed E-state index contributed by atoms with van der Waals surface area (Å²) in [5.74, 6) is -0.467. The fourth-order valence-electron chi connectivity index (χ4n) is 3.98. The molecule has 7 heteroatoms. The second-order valence-electron chi connectivity index (χ2n) is 8.44. The molecule has 0 bridgehead atoms. The molecular formula is C24H26Cl2FNO3. The van der Waals surface area contributed by atoms with Crippen LogP contribution in [0.2, 0.25) is 10.0 Å². The van der Waals surface area contributed by atoms with Crippen molar-refractivity contribution in [2.75, 3.05) is 19.7 Å². The molecule has 2 aliphatic rings. The lowest BCUT2D eigenvalue weighted by Gasteiger charge is -2.37. The normalized spacial score (nSPS) is 20.3. The molecule has 1 aliphatic heterocycles. The van der Waals surface area contributed by atoms with Crippen LogP contribution in [0.25, 0.3) is 0 Å². The van der Waals surface area contributed by atoms with Crippen molar-refractivity contribution in [1.29, 1.82) is 0 Å². The van der Waals surface area contributed by atoms with Gasteiger partial charge in [-0.05, 0) is 75.0 Å². The molecule has 1 aliphatic carbocycles. The highest BCUT2D eigenvalue weighted by atomic mass is 35.5. The lowest BCUT2D eigenvalue weighted by molar-refractivity contribution is 0.0467. The molecule has 2 aromatic rings. The van der Waals surface area contributed by atoms with Gasteiger partial charge in [0.1, 0.15) is 17.7 Å². The number of hydrogen-bond acceptors (Lipinski definition) is 4. The van der Waals surface area contributed by atoms with Crippen molar-refractivity contribution in [3.63, 3.8) is 0 Å². The maximum atomic E-state index is 14.3. The zero-order valence-corrected chi connectivity index (χ0v) is 19.0. The summed E-state index contributed by atoms with van der Waals surface area (Å²) in [7, 11) is 0. The van der Waals surface area contributed by atoms with E-state index in [0.717, 1.165) is 44.3 Å². The summed E-state index contributed by atoms with van der Waals surface area (Å²) in [5, 5.41) is 1.27. The quantitative estimate of drug-likeness (QED) is 0.449. The van der Waals surface area contributed by atoms with Crippen LogP contribution in [0.5, 0.6) is 5.75 Å². The molecule has 0 N–H and O–H groups in total. The molecule has 0 amide bonds. The van der Waals surface area contributed by atoms with E-state index in [1.165, 1.54) is 12.1 Å². The second kappa shape index (κ2) is 9.76. The van der Waals surface area contributed by atoms with E-state index in [0.29, 0.717) is 28.3 Å². The first kappa shape index (κ1) is 22.4. The van der Waals surface area contributed by atoms with Gasteiger partial charge in [0.25, 0.3) is 0 Å². The zero-order chi connectivity index (χ0) is 22.0. The molecular weight excluding hydrogens is 440 g/mol. The summed E-state index contributed by atoms with van der Waals surface area (Å²) in [6.45, 7) is 4.51. The fraction of sp³-hybridized carbons (Fsp3) is 0.458. The molecule has 0 radical (unpaired) electrons. The van der Waals surface area contributed by atoms with Gasteiger partial charge in [0.05, 0.1) is 12.2 Å². The molecule has 2 fully saturated rings. The Morgan fingerprint density at radius 1 is 1.16 bits per heavy atom. The van der Waals surface area contributed by atoms with Crippen molar-refractivity contribution in [2.45, 2.75) is 44.8 Å². The highest BCUT2D eigenvalue weighted by Crippen LogP contribution is 2.31. The number of carbonyl (C=O) groups excluding carboxylic acids is 1. The summed E-state index contributed by atoms with van der Waals surface area (Å²) in [4.78, 5) is 14.4. The van der Waals surface area contributed by atoms with Gasteiger partial charge in [0.2, 0.25) is 0 Å². The first-order valence-corrected chi connectivity index (χ1v) is 11.5. The number of piperidine rings is 1. The minimum atomic E-state index is -0.611. The Kier molecular flexibility index (Phi) is 7.05. The molecule has 1 saturated heterocycles. The molecule has 31 heavy (non-hydrogen) atoms. The average molecular weight is 466 g/mol. The smallest absolute Gasteiger partial charge is 0.341 e. The third-order valence-corrected chi connectivity index (χ3v) is 6.35. The van der Waals surface area contributed by atoms with E-state index in [9.17, 15) is 9.18 Å². The van der Waals surface area contributed by atoms with Crippen LogP contribution in [0, 0.1) is 11.7 Å². The van der Waals surface area contributed by atoms with E-state index < -0.39 is 11.8 Å². The van der Waals surface area contributed by atoms with Gasteiger partial charge in [-0.15, -0.1) is 0 Å².